The van der Waals surface area contributed by atoms with E-state index in [0.29, 0.717) is 18.6 Å². The predicted octanol–water partition coefficient (Wildman–Crippen LogP) is 1.20. The highest BCUT2D eigenvalue weighted by Gasteiger charge is 2.26. The maximum atomic E-state index is 9.31. The zero-order valence-electron chi connectivity index (χ0n) is 11.6. The summed E-state index contributed by atoms with van der Waals surface area (Å²) in [5.41, 5.74) is 0. The van der Waals surface area contributed by atoms with Crippen LogP contribution in [0.2, 0.25) is 0 Å². The molecule has 1 saturated heterocycles. The smallest absolute Gasteiger partial charge is 0.147 e. The third kappa shape index (κ3) is 2.72. The van der Waals surface area contributed by atoms with E-state index in [2.05, 4.69) is 33.5 Å². The summed E-state index contributed by atoms with van der Waals surface area (Å²) in [6.07, 6.45) is 2.29. The molecule has 0 radical (unpaired) electrons. The van der Waals surface area contributed by atoms with E-state index in [4.69, 9.17) is 0 Å². The lowest BCUT2D eigenvalue weighted by Gasteiger charge is -2.37. The maximum absolute atomic E-state index is 9.31. The van der Waals surface area contributed by atoms with E-state index >= 15 is 0 Å². The van der Waals surface area contributed by atoms with E-state index < -0.39 is 0 Å². The van der Waals surface area contributed by atoms with Gasteiger partial charge in [-0.15, -0.1) is 10.2 Å². The van der Waals surface area contributed by atoms with Gasteiger partial charge in [0.25, 0.3) is 0 Å². The second-order valence-electron chi connectivity index (χ2n) is 5.31. The highest BCUT2D eigenvalue weighted by molar-refractivity contribution is 4.95. The van der Waals surface area contributed by atoms with E-state index in [0.717, 1.165) is 44.1 Å². The molecule has 0 amide bonds. The molecule has 0 bridgehead atoms. The summed E-state index contributed by atoms with van der Waals surface area (Å²) < 4.78 is 2.16. The molecule has 1 aliphatic heterocycles. The molecule has 2 rings (SSSR count). The van der Waals surface area contributed by atoms with Crippen LogP contribution in [0.5, 0.6) is 0 Å². The Morgan fingerprint density at radius 1 is 1.33 bits per heavy atom. The molecule has 18 heavy (non-hydrogen) atoms. The number of nitrogens with zero attached hydrogens (tertiary/aromatic N) is 4. The zero-order chi connectivity index (χ0) is 13.1. The molecule has 102 valence electrons. The number of rotatable bonds is 4. The van der Waals surface area contributed by atoms with Crippen LogP contribution in [0.4, 0.5) is 0 Å². The number of aliphatic hydroxyl groups is 1. The minimum Gasteiger partial charge on any atom is -0.396 e. The fraction of sp³-hybridized carbons (Fsp3) is 0.846. The fourth-order valence-electron chi connectivity index (χ4n) is 2.77. The minimum atomic E-state index is 0.294. The van der Waals surface area contributed by atoms with Crippen LogP contribution in [-0.4, -0.2) is 44.0 Å². The van der Waals surface area contributed by atoms with E-state index in [9.17, 15) is 5.11 Å². The Balaban J connectivity index is 2.07. The van der Waals surface area contributed by atoms with Gasteiger partial charge in [0.05, 0.1) is 6.54 Å². The molecule has 1 aliphatic rings. The van der Waals surface area contributed by atoms with Gasteiger partial charge in [0.2, 0.25) is 0 Å². The summed E-state index contributed by atoms with van der Waals surface area (Å²) in [6, 6.07) is 0.565. The number of aromatic nitrogens is 3. The van der Waals surface area contributed by atoms with Crippen molar-refractivity contribution in [2.75, 3.05) is 13.2 Å². The van der Waals surface area contributed by atoms with Crippen molar-refractivity contribution in [2.24, 2.45) is 5.92 Å². The Hall–Kier alpha value is -0.940. The monoisotopic (exact) mass is 252 g/mol. The zero-order valence-corrected chi connectivity index (χ0v) is 11.6. The highest BCUT2D eigenvalue weighted by atomic mass is 16.3. The van der Waals surface area contributed by atoms with Crippen LogP contribution in [0.25, 0.3) is 0 Å². The van der Waals surface area contributed by atoms with Gasteiger partial charge >= 0.3 is 0 Å². The molecule has 0 aromatic carbocycles. The van der Waals surface area contributed by atoms with Crippen LogP contribution in [0.15, 0.2) is 0 Å². The summed E-state index contributed by atoms with van der Waals surface area (Å²) in [5.74, 6) is 2.44. The lowest BCUT2D eigenvalue weighted by molar-refractivity contribution is 0.0742. The molecule has 1 fully saturated rings. The first-order chi connectivity index (χ1) is 8.65. The predicted molar refractivity (Wildman–Crippen MR) is 70.1 cm³/mol. The van der Waals surface area contributed by atoms with Crippen molar-refractivity contribution in [3.05, 3.63) is 11.6 Å². The summed E-state index contributed by atoms with van der Waals surface area (Å²) >= 11 is 0. The van der Waals surface area contributed by atoms with Gasteiger partial charge in [-0.1, -0.05) is 0 Å². The van der Waals surface area contributed by atoms with Crippen molar-refractivity contribution in [2.45, 2.75) is 52.7 Å². The average molecular weight is 252 g/mol. The Kier molecular flexibility index (Phi) is 4.35. The summed E-state index contributed by atoms with van der Waals surface area (Å²) in [5, 5.41) is 17.7. The van der Waals surface area contributed by atoms with Crippen LogP contribution in [-0.2, 0) is 13.1 Å². The minimum absolute atomic E-state index is 0.294. The molecule has 1 aromatic heterocycles. The third-order valence-corrected chi connectivity index (χ3v) is 4.04. The van der Waals surface area contributed by atoms with Crippen LogP contribution >= 0.6 is 0 Å². The van der Waals surface area contributed by atoms with Crippen LogP contribution in [0, 0.1) is 12.8 Å². The fourth-order valence-corrected chi connectivity index (χ4v) is 2.77. The van der Waals surface area contributed by atoms with Gasteiger partial charge in [0.1, 0.15) is 11.6 Å². The Bertz CT molecular complexity index is 390. The van der Waals surface area contributed by atoms with Crippen molar-refractivity contribution < 1.29 is 5.11 Å². The molecule has 1 aromatic rings. The molecule has 2 unspecified atom stereocenters. The van der Waals surface area contributed by atoms with Gasteiger partial charge < -0.3 is 9.67 Å². The lowest BCUT2D eigenvalue weighted by atomic mass is 9.94. The molecule has 0 saturated carbocycles. The molecule has 1 N–H and O–H groups in total. The van der Waals surface area contributed by atoms with Gasteiger partial charge in [-0.2, -0.15) is 0 Å². The van der Waals surface area contributed by atoms with Crippen LogP contribution in [0.3, 0.4) is 0 Å². The van der Waals surface area contributed by atoms with E-state index in [1.54, 1.807) is 0 Å². The van der Waals surface area contributed by atoms with Crippen molar-refractivity contribution in [1.29, 1.82) is 0 Å². The van der Waals surface area contributed by atoms with Gasteiger partial charge in [-0.25, -0.2) is 0 Å². The Morgan fingerprint density at radius 3 is 2.78 bits per heavy atom. The number of piperidine rings is 1. The number of likely N-dealkylation sites (tertiary alicyclic amines) is 1. The van der Waals surface area contributed by atoms with Crippen molar-refractivity contribution in [3.8, 4) is 0 Å². The van der Waals surface area contributed by atoms with Gasteiger partial charge in [0.15, 0.2) is 0 Å². The van der Waals surface area contributed by atoms with Crippen molar-refractivity contribution >= 4 is 0 Å². The Morgan fingerprint density at radius 2 is 2.11 bits per heavy atom. The summed E-state index contributed by atoms with van der Waals surface area (Å²) in [7, 11) is 0. The van der Waals surface area contributed by atoms with Crippen LogP contribution in [0.1, 0.15) is 38.3 Å². The highest BCUT2D eigenvalue weighted by Crippen LogP contribution is 2.23. The number of aliphatic hydroxyl groups excluding tert-OH is 1. The average Bonchev–Trinajstić information content (AvgIpc) is 2.72. The standard InChI is InChI=1S/C13H24N4O/c1-4-17-11(3)14-15-13(17)8-16-7-12(9-18)6-5-10(16)2/h10,12,18H,4-9H2,1-3H3. The first-order valence-electron chi connectivity index (χ1n) is 6.89. The maximum Gasteiger partial charge on any atom is 0.147 e. The van der Waals surface area contributed by atoms with E-state index in [1.165, 1.54) is 0 Å². The molecule has 0 aliphatic carbocycles. The number of aryl methyl sites for hydroxylation is 1. The molecule has 2 heterocycles. The van der Waals surface area contributed by atoms with Crippen molar-refractivity contribution in [3.63, 3.8) is 0 Å². The lowest BCUT2D eigenvalue weighted by Crippen LogP contribution is -2.42. The van der Waals surface area contributed by atoms with Crippen molar-refractivity contribution in [1.82, 2.24) is 19.7 Å². The van der Waals surface area contributed by atoms with E-state index in [1.807, 2.05) is 6.92 Å². The molecular weight excluding hydrogens is 228 g/mol. The molecule has 5 nitrogen and oxygen atoms in total. The second-order valence-corrected chi connectivity index (χ2v) is 5.31. The van der Waals surface area contributed by atoms with Gasteiger partial charge in [-0.3, -0.25) is 4.90 Å². The Labute approximate surface area is 109 Å². The third-order valence-electron chi connectivity index (χ3n) is 4.04. The molecular formula is C13H24N4O. The van der Waals surface area contributed by atoms with E-state index in [-0.39, 0.29) is 0 Å². The number of hydrogen-bond donors (Lipinski definition) is 1. The number of hydrogen-bond acceptors (Lipinski definition) is 4. The SMILES string of the molecule is CCn1c(C)nnc1CN1CC(CO)CCC1C. The summed E-state index contributed by atoms with van der Waals surface area (Å²) in [4.78, 5) is 2.42. The second kappa shape index (κ2) is 5.80. The molecule has 5 heteroatoms. The topological polar surface area (TPSA) is 54.2 Å². The van der Waals surface area contributed by atoms with Gasteiger partial charge in [-0.05, 0) is 39.5 Å². The normalized spacial score (nSPS) is 25.6. The molecule has 2 atom stereocenters. The quantitative estimate of drug-likeness (QED) is 0.875. The largest absolute Gasteiger partial charge is 0.396 e. The first-order valence-corrected chi connectivity index (χ1v) is 6.89. The summed E-state index contributed by atoms with van der Waals surface area (Å²) in [6.45, 7) is 9.39. The van der Waals surface area contributed by atoms with Gasteiger partial charge in [0, 0.05) is 25.7 Å². The molecule has 0 spiro atoms. The van der Waals surface area contributed by atoms with Crippen LogP contribution < -0.4 is 0 Å². The first kappa shape index (κ1) is 13.5.